The third kappa shape index (κ3) is 6.40. The minimum absolute atomic E-state index is 0.0281. The fraction of sp³-hybridized carbons (Fsp3) is 0.444. The van der Waals surface area contributed by atoms with Crippen molar-refractivity contribution < 1.29 is 23.5 Å². The van der Waals surface area contributed by atoms with Crippen LogP contribution in [-0.4, -0.2) is 31.6 Å². The second kappa shape index (κ2) is 9.70. The lowest BCUT2D eigenvalue weighted by atomic mass is 9.97. The Morgan fingerprint density at radius 2 is 2.00 bits per heavy atom. The molecule has 0 fully saturated rings. The average molecular weight is 335 g/mol. The third-order valence-corrected chi connectivity index (χ3v) is 3.70. The van der Waals surface area contributed by atoms with Crippen molar-refractivity contribution in [2.24, 2.45) is 0 Å². The smallest absolute Gasteiger partial charge is 0.344 e. The first-order valence-corrected chi connectivity index (χ1v) is 8.12. The van der Waals surface area contributed by atoms with Gasteiger partial charge in [0.05, 0.1) is 0 Å². The lowest BCUT2D eigenvalue weighted by Crippen LogP contribution is -2.30. The summed E-state index contributed by atoms with van der Waals surface area (Å²) in [5, 5.41) is 2.71. The second-order valence-electron chi connectivity index (χ2n) is 5.59. The van der Waals surface area contributed by atoms with E-state index in [2.05, 4.69) is 11.4 Å². The van der Waals surface area contributed by atoms with Gasteiger partial charge in [-0.1, -0.05) is 23.8 Å². The van der Waals surface area contributed by atoms with E-state index in [1.165, 1.54) is 36.6 Å². The third-order valence-electron chi connectivity index (χ3n) is 3.70. The summed E-state index contributed by atoms with van der Waals surface area (Å²) in [4.78, 5) is 23.1. The molecular formula is C18H22FNO4. The molecule has 130 valence electrons. The van der Waals surface area contributed by atoms with Crippen LogP contribution in [0.4, 0.5) is 4.39 Å². The number of carbonyl (C=O) groups is 2. The van der Waals surface area contributed by atoms with Crippen LogP contribution < -0.4 is 10.1 Å². The highest BCUT2D eigenvalue weighted by Gasteiger charge is 2.10. The predicted octanol–water partition coefficient (Wildman–Crippen LogP) is 2.75. The Morgan fingerprint density at radius 3 is 2.75 bits per heavy atom. The number of halogens is 1. The van der Waals surface area contributed by atoms with Crippen molar-refractivity contribution in [1.82, 2.24) is 5.32 Å². The highest BCUT2D eigenvalue weighted by Crippen LogP contribution is 2.19. The zero-order valence-electron chi connectivity index (χ0n) is 13.6. The van der Waals surface area contributed by atoms with Gasteiger partial charge in [0.25, 0.3) is 5.91 Å². The van der Waals surface area contributed by atoms with Gasteiger partial charge in [-0.05, 0) is 44.2 Å². The summed E-state index contributed by atoms with van der Waals surface area (Å²) in [7, 11) is 0. The molecule has 0 bridgehead atoms. The highest BCUT2D eigenvalue weighted by molar-refractivity contribution is 5.80. The maximum atomic E-state index is 13.3. The normalized spacial score (nSPS) is 13.8. The van der Waals surface area contributed by atoms with Crippen LogP contribution in [0.1, 0.15) is 32.1 Å². The molecule has 0 aromatic heterocycles. The number of ether oxygens (including phenoxy) is 2. The van der Waals surface area contributed by atoms with Crippen molar-refractivity contribution in [1.29, 1.82) is 0 Å². The Kier molecular flexibility index (Phi) is 7.26. The van der Waals surface area contributed by atoms with Gasteiger partial charge >= 0.3 is 5.97 Å². The summed E-state index contributed by atoms with van der Waals surface area (Å²) in [6.07, 6.45) is 7.72. The van der Waals surface area contributed by atoms with Crippen molar-refractivity contribution in [2.75, 3.05) is 19.8 Å². The van der Waals surface area contributed by atoms with E-state index in [0.29, 0.717) is 6.54 Å². The van der Waals surface area contributed by atoms with Crippen LogP contribution in [-0.2, 0) is 14.3 Å². The number of nitrogens with one attached hydrogen (secondary N) is 1. The number of amides is 1. The number of hydrogen-bond acceptors (Lipinski definition) is 4. The molecule has 1 aromatic carbocycles. The lowest BCUT2D eigenvalue weighted by Gasteiger charge is -2.13. The quantitative estimate of drug-likeness (QED) is 0.586. The van der Waals surface area contributed by atoms with E-state index < -0.39 is 18.4 Å². The second-order valence-corrected chi connectivity index (χ2v) is 5.59. The number of carbonyl (C=O) groups excluding carboxylic acids is 2. The number of para-hydroxylation sites is 1. The molecule has 0 saturated heterocycles. The number of hydrogen-bond donors (Lipinski definition) is 1. The van der Waals surface area contributed by atoms with E-state index in [1.54, 1.807) is 6.07 Å². The number of benzene rings is 1. The molecule has 1 N–H and O–H groups in total. The maximum Gasteiger partial charge on any atom is 0.344 e. The Morgan fingerprint density at radius 1 is 1.17 bits per heavy atom. The summed E-state index contributed by atoms with van der Waals surface area (Å²) in [5.74, 6) is -1.66. The summed E-state index contributed by atoms with van der Waals surface area (Å²) in [6.45, 7) is -0.270. The molecular weight excluding hydrogens is 313 g/mol. The number of allylic oxidation sites excluding steroid dienone is 1. The molecule has 24 heavy (non-hydrogen) atoms. The van der Waals surface area contributed by atoms with Gasteiger partial charge in [0, 0.05) is 6.54 Å². The summed E-state index contributed by atoms with van der Waals surface area (Å²) in [5.41, 5.74) is 1.37. The zero-order chi connectivity index (χ0) is 17.2. The van der Waals surface area contributed by atoms with Crippen LogP contribution in [0.15, 0.2) is 35.9 Å². The van der Waals surface area contributed by atoms with Crippen molar-refractivity contribution in [2.45, 2.75) is 32.1 Å². The van der Waals surface area contributed by atoms with Gasteiger partial charge in [0.2, 0.25) is 0 Å². The number of rotatable bonds is 8. The Hall–Kier alpha value is -2.37. The molecule has 2 rings (SSSR count). The first-order valence-electron chi connectivity index (χ1n) is 8.12. The van der Waals surface area contributed by atoms with E-state index in [-0.39, 0.29) is 18.3 Å². The van der Waals surface area contributed by atoms with Gasteiger partial charge in [-0.2, -0.15) is 0 Å². The van der Waals surface area contributed by atoms with Gasteiger partial charge in [-0.15, -0.1) is 0 Å². The Labute approximate surface area is 140 Å². The van der Waals surface area contributed by atoms with E-state index in [0.717, 1.165) is 19.3 Å². The molecule has 1 aliphatic carbocycles. The van der Waals surface area contributed by atoms with Crippen LogP contribution in [0.3, 0.4) is 0 Å². The van der Waals surface area contributed by atoms with Crippen molar-refractivity contribution in [3.8, 4) is 5.75 Å². The average Bonchev–Trinajstić information content (AvgIpc) is 2.60. The largest absolute Gasteiger partial charge is 0.479 e. The molecule has 0 aliphatic heterocycles. The number of esters is 1. The molecule has 0 spiro atoms. The molecule has 1 aromatic rings. The summed E-state index contributed by atoms with van der Waals surface area (Å²) < 4.78 is 23.1. The fourth-order valence-corrected chi connectivity index (χ4v) is 2.43. The minimum atomic E-state index is -0.719. The molecule has 1 amide bonds. The first-order chi connectivity index (χ1) is 11.6. The molecule has 0 saturated carbocycles. The molecule has 0 radical (unpaired) electrons. The molecule has 0 unspecified atom stereocenters. The maximum absolute atomic E-state index is 13.3. The molecule has 5 nitrogen and oxygen atoms in total. The van der Waals surface area contributed by atoms with E-state index in [9.17, 15) is 14.0 Å². The van der Waals surface area contributed by atoms with Gasteiger partial charge in [-0.3, -0.25) is 4.79 Å². The minimum Gasteiger partial charge on any atom is -0.479 e. The zero-order valence-corrected chi connectivity index (χ0v) is 13.6. The van der Waals surface area contributed by atoms with Crippen LogP contribution in [0.5, 0.6) is 5.75 Å². The van der Waals surface area contributed by atoms with Crippen LogP contribution in [0, 0.1) is 5.82 Å². The van der Waals surface area contributed by atoms with E-state index in [1.807, 2.05) is 0 Å². The van der Waals surface area contributed by atoms with Crippen molar-refractivity contribution >= 4 is 11.9 Å². The van der Waals surface area contributed by atoms with Crippen LogP contribution >= 0.6 is 0 Å². The molecule has 0 atom stereocenters. The van der Waals surface area contributed by atoms with Gasteiger partial charge in [0.1, 0.15) is 0 Å². The predicted molar refractivity (Wildman–Crippen MR) is 87.0 cm³/mol. The highest BCUT2D eigenvalue weighted by atomic mass is 19.1. The Bertz CT molecular complexity index is 600. The van der Waals surface area contributed by atoms with Gasteiger partial charge in [0.15, 0.2) is 24.8 Å². The lowest BCUT2D eigenvalue weighted by molar-refractivity contribution is -0.150. The van der Waals surface area contributed by atoms with Crippen LogP contribution in [0.2, 0.25) is 0 Å². The molecule has 0 heterocycles. The SMILES string of the molecule is O=C(COC(=O)COc1ccccc1F)NCCC1=CCCCC1. The van der Waals surface area contributed by atoms with E-state index in [4.69, 9.17) is 9.47 Å². The molecule has 6 heteroatoms. The standard InChI is InChI=1S/C18H22FNO4/c19-15-8-4-5-9-16(15)23-13-18(22)24-12-17(21)20-11-10-14-6-2-1-3-7-14/h4-6,8-9H,1-3,7,10-13H2,(H,20,21). The topological polar surface area (TPSA) is 64.6 Å². The molecule has 1 aliphatic rings. The van der Waals surface area contributed by atoms with Crippen LogP contribution in [0.25, 0.3) is 0 Å². The van der Waals surface area contributed by atoms with Gasteiger partial charge < -0.3 is 14.8 Å². The van der Waals surface area contributed by atoms with Gasteiger partial charge in [-0.25, -0.2) is 9.18 Å². The Balaban J connectivity index is 1.58. The summed E-state index contributed by atoms with van der Waals surface area (Å²) in [6, 6.07) is 5.76. The fourth-order valence-electron chi connectivity index (χ4n) is 2.43. The monoisotopic (exact) mass is 335 g/mol. The van der Waals surface area contributed by atoms with E-state index >= 15 is 0 Å². The van der Waals surface area contributed by atoms with Crippen molar-refractivity contribution in [3.63, 3.8) is 0 Å². The van der Waals surface area contributed by atoms with Crippen molar-refractivity contribution in [3.05, 3.63) is 41.7 Å². The first kappa shape index (κ1) is 18.0. The summed E-state index contributed by atoms with van der Waals surface area (Å²) >= 11 is 0.